The van der Waals surface area contributed by atoms with E-state index in [9.17, 15) is 18.0 Å². The number of rotatable bonds is 5. The number of aliphatic carboxylic acids is 1. The Morgan fingerprint density at radius 1 is 1.33 bits per heavy atom. The van der Waals surface area contributed by atoms with Gasteiger partial charge in [-0.25, -0.2) is 12.7 Å². The summed E-state index contributed by atoms with van der Waals surface area (Å²) in [7, 11) is -2.50. The lowest BCUT2D eigenvalue weighted by atomic mass is 9.95. The molecule has 1 fully saturated rings. The monoisotopic (exact) mass is 279 g/mol. The molecule has 0 radical (unpaired) electrons. The zero-order chi connectivity index (χ0) is 13.8. The highest BCUT2D eigenvalue weighted by molar-refractivity contribution is 7.89. The zero-order valence-corrected chi connectivity index (χ0v) is 11.0. The van der Waals surface area contributed by atoms with E-state index in [2.05, 4.69) is 4.74 Å². The first kappa shape index (κ1) is 14.9. The number of carboxylic acids is 1. The molecule has 7 nitrogen and oxygen atoms in total. The van der Waals surface area contributed by atoms with Crippen molar-refractivity contribution in [1.82, 2.24) is 4.31 Å². The number of nitrogens with zero attached hydrogens (tertiary/aromatic N) is 1. The first-order chi connectivity index (χ1) is 8.35. The molecule has 1 N–H and O–H groups in total. The molecule has 1 heterocycles. The molecule has 0 saturated carbocycles. The molecule has 1 rings (SSSR count). The number of ether oxygens (including phenoxy) is 1. The summed E-state index contributed by atoms with van der Waals surface area (Å²) in [5.41, 5.74) is 0. The van der Waals surface area contributed by atoms with Crippen molar-refractivity contribution >= 4 is 22.0 Å². The molecule has 1 saturated heterocycles. The van der Waals surface area contributed by atoms with Crippen LogP contribution in [0.15, 0.2) is 0 Å². The number of methoxy groups -OCH3 is 1. The van der Waals surface area contributed by atoms with Crippen molar-refractivity contribution in [3.05, 3.63) is 0 Å². The van der Waals surface area contributed by atoms with Crippen LogP contribution < -0.4 is 0 Å². The standard InChI is InChI=1S/C10H17NO6S/c1-17-10(14)7-18(15,16)11-4-2-8(3-5-11)6-9(12)13/h8H,2-7H2,1H3,(H,12,13). The van der Waals surface area contributed by atoms with Crippen LogP contribution in [-0.4, -0.2) is 55.7 Å². The smallest absolute Gasteiger partial charge is 0.322 e. The Morgan fingerprint density at radius 3 is 2.33 bits per heavy atom. The molecular weight excluding hydrogens is 262 g/mol. The third-order valence-electron chi connectivity index (χ3n) is 2.96. The van der Waals surface area contributed by atoms with Gasteiger partial charge in [0.1, 0.15) is 0 Å². The maximum absolute atomic E-state index is 11.8. The molecule has 0 aromatic carbocycles. The summed E-state index contributed by atoms with van der Waals surface area (Å²) >= 11 is 0. The van der Waals surface area contributed by atoms with Crippen molar-refractivity contribution in [1.29, 1.82) is 0 Å². The van der Waals surface area contributed by atoms with E-state index in [0.29, 0.717) is 12.8 Å². The van der Waals surface area contributed by atoms with Crippen LogP contribution >= 0.6 is 0 Å². The Kier molecular flexibility index (Phi) is 5.09. The summed E-state index contributed by atoms with van der Waals surface area (Å²) in [5.74, 6) is -2.31. The molecule has 0 aliphatic carbocycles. The number of carbonyl (C=O) groups excluding carboxylic acids is 1. The van der Waals surface area contributed by atoms with Gasteiger partial charge in [0, 0.05) is 19.5 Å². The Labute approximate surface area is 106 Å². The minimum Gasteiger partial charge on any atom is -0.481 e. The maximum atomic E-state index is 11.8. The third-order valence-corrected chi connectivity index (χ3v) is 4.71. The van der Waals surface area contributed by atoms with Crippen LogP contribution in [0.5, 0.6) is 0 Å². The van der Waals surface area contributed by atoms with E-state index in [1.807, 2.05) is 0 Å². The second-order valence-corrected chi connectivity index (χ2v) is 6.24. The Morgan fingerprint density at radius 2 is 1.89 bits per heavy atom. The summed E-state index contributed by atoms with van der Waals surface area (Å²) < 4.78 is 29.1. The first-order valence-electron chi connectivity index (χ1n) is 5.61. The van der Waals surface area contributed by atoms with Crippen LogP contribution in [0.4, 0.5) is 0 Å². The average molecular weight is 279 g/mol. The quantitative estimate of drug-likeness (QED) is 0.692. The number of hydrogen-bond acceptors (Lipinski definition) is 5. The zero-order valence-electron chi connectivity index (χ0n) is 10.2. The van der Waals surface area contributed by atoms with E-state index in [1.165, 1.54) is 4.31 Å². The molecule has 8 heteroatoms. The van der Waals surface area contributed by atoms with Crippen LogP contribution in [0.3, 0.4) is 0 Å². The molecule has 0 bridgehead atoms. The van der Waals surface area contributed by atoms with Gasteiger partial charge in [-0.05, 0) is 18.8 Å². The summed E-state index contributed by atoms with van der Waals surface area (Å²) in [6.07, 6.45) is 1.07. The van der Waals surface area contributed by atoms with Gasteiger partial charge >= 0.3 is 11.9 Å². The Bertz CT molecular complexity index is 410. The van der Waals surface area contributed by atoms with Gasteiger partial charge in [-0.1, -0.05) is 0 Å². The third kappa shape index (κ3) is 4.26. The van der Waals surface area contributed by atoms with Crippen molar-refractivity contribution in [3.8, 4) is 0 Å². The second-order valence-electron chi connectivity index (χ2n) is 4.27. The predicted octanol–water partition coefficient (Wildman–Crippen LogP) is -0.324. The Balaban J connectivity index is 2.51. The van der Waals surface area contributed by atoms with Gasteiger partial charge in [0.05, 0.1) is 7.11 Å². The molecule has 0 amide bonds. The normalized spacial score (nSPS) is 18.5. The lowest BCUT2D eigenvalue weighted by molar-refractivity contribution is -0.138. The first-order valence-corrected chi connectivity index (χ1v) is 7.22. The van der Waals surface area contributed by atoms with E-state index >= 15 is 0 Å². The molecular formula is C10H17NO6S. The van der Waals surface area contributed by atoms with Gasteiger partial charge in [0.25, 0.3) is 0 Å². The fourth-order valence-corrected chi connectivity index (χ4v) is 3.30. The number of hydrogen-bond donors (Lipinski definition) is 1. The number of piperidine rings is 1. The van der Waals surface area contributed by atoms with Crippen molar-refractivity contribution in [3.63, 3.8) is 0 Å². The van der Waals surface area contributed by atoms with Gasteiger partial charge in [-0.3, -0.25) is 9.59 Å². The summed E-state index contributed by atoms with van der Waals surface area (Å²) in [6.45, 7) is 0.522. The van der Waals surface area contributed by atoms with Crippen LogP contribution in [0.1, 0.15) is 19.3 Å². The van der Waals surface area contributed by atoms with Crippen molar-refractivity contribution in [2.45, 2.75) is 19.3 Å². The second kappa shape index (κ2) is 6.14. The molecule has 104 valence electrons. The van der Waals surface area contributed by atoms with Gasteiger partial charge in [-0.2, -0.15) is 0 Å². The summed E-state index contributed by atoms with van der Waals surface area (Å²) in [5, 5.41) is 8.65. The van der Waals surface area contributed by atoms with E-state index < -0.39 is 27.7 Å². The molecule has 0 aromatic rings. The predicted molar refractivity (Wildman–Crippen MR) is 62.4 cm³/mol. The van der Waals surface area contributed by atoms with E-state index in [4.69, 9.17) is 5.11 Å². The molecule has 0 unspecified atom stereocenters. The highest BCUT2D eigenvalue weighted by atomic mass is 32.2. The number of esters is 1. The minimum absolute atomic E-state index is 0.00655. The van der Waals surface area contributed by atoms with E-state index in [-0.39, 0.29) is 25.4 Å². The van der Waals surface area contributed by atoms with Crippen molar-refractivity contribution < 1.29 is 27.9 Å². The van der Waals surface area contributed by atoms with Crippen LogP contribution in [0.2, 0.25) is 0 Å². The van der Waals surface area contributed by atoms with Gasteiger partial charge in [-0.15, -0.1) is 0 Å². The topological polar surface area (TPSA) is 101 Å². The fourth-order valence-electron chi connectivity index (χ4n) is 1.94. The molecule has 0 atom stereocenters. The minimum atomic E-state index is -3.64. The molecule has 1 aliphatic rings. The Hall–Kier alpha value is -1.15. The van der Waals surface area contributed by atoms with Crippen LogP contribution in [0, 0.1) is 5.92 Å². The molecule has 0 spiro atoms. The van der Waals surface area contributed by atoms with Crippen LogP contribution in [0.25, 0.3) is 0 Å². The lowest BCUT2D eigenvalue weighted by Gasteiger charge is -2.30. The largest absolute Gasteiger partial charge is 0.481 e. The van der Waals surface area contributed by atoms with E-state index in [1.54, 1.807) is 0 Å². The number of carboxylic acid groups (broad SMARTS) is 1. The van der Waals surface area contributed by atoms with Gasteiger partial charge in [0.2, 0.25) is 10.0 Å². The number of carbonyl (C=O) groups is 2. The van der Waals surface area contributed by atoms with Gasteiger partial charge in [0.15, 0.2) is 5.75 Å². The maximum Gasteiger partial charge on any atom is 0.322 e. The molecule has 0 aromatic heterocycles. The van der Waals surface area contributed by atoms with Crippen molar-refractivity contribution in [2.24, 2.45) is 5.92 Å². The van der Waals surface area contributed by atoms with Crippen LogP contribution in [-0.2, 0) is 24.3 Å². The van der Waals surface area contributed by atoms with Gasteiger partial charge < -0.3 is 9.84 Å². The SMILES string of the molecule is COC(=O)CS(=O)(=O)N1CCC(CC(=O)O)CC1. The number of sulfonamides is 1. The fraction of sp³-hybridized carbons (Fsp3) is 0.800. The molecule has 1 aliphatic heterocycles. The van der Waals surface area contributed by atoms with Crippen molar-refractivity contribution in [2.75, 3.05) is 26.0 Å². The lowest BCUT2D eigenvalue weighted by Crippen LogP contribution is -2.41. The van der Waals surface area contributed by atoms with E-state index in [0.717, 1.165) is 7.11 Å². The highest BCUT2D eigenvalue weighted by Crippen LogP contribution is 2.22. The molecule has 18 heavy (non-hydrogen) atoms. The summed E-state index contributed by atoms with van der Waals surface area (Å²) in [6, 6.07) is 0. The summed E-state index contributed by atoms with van der Waals surface area (Å²) in [4.78, 5) is 21.5. The highest BCUT2D eigenvalue weighted by Gasteiger charge is 2.30. The average Bonchev–Trinajstić information content (AvgIpc) is 2.28.